The summed E-state index contributed by atoms with van der Waals surface area (Å²) in [6.45, 7) is 0. The fraction of sp³-hybridized carbons (Fsp3) is 0.125. The van der Waals surface area contributed by atoms with Gasteiger partial charge in [-0.1, -0.05) is 11.8 Å². The van der Waals surface area contributed by atoms with E-state index < -0.39 is 9.05 Å². The average molecular weight is 280 g/mol. The molecule has 80 valence electrons. The topological polar surface area (TPSA) is 47.0 Å². The maximum Gasteiger partial charge on any atom is 0.261 e. The average Bonchev–Trinajstić information content (AvgIpc) is 2.57. The van der Waals surface area contributed by atoms with Crippen molar-refractivity contribution in [3.05, 3.63) is 18.2 Å². The molecule has 7 heteroatoms. The van der Waals surface area contributed by atoms with Gasteiger partial charge in [-0.3, -0.25) is 0 Å². The molecular weight excluding hydrogens is 274 g/mol. The monoisotopic (exact) mass is 279 g/mol. The third kappa shape index (κ3) is 2.28. The first-order valence-corrected chi connectivity index (χ1v) is 8.25. The Bertz CT molecular complexity index is 605. The molecule has 0 aliphatic heterocycles. The summed E-state index contributed by atoms with van der Waals surface area (Å²) in [4.78, 5) is 4.42. The van der Waals surface area contributed by atoms with E-state index in [-0.39, 0.29) is 4.90 Å². The van der Waals surface area contributed by atoms with Crippen LogP contribution in [0.2, 0.25) is 0 Å². The molecular formula is C8H6ClNO2S3. The zero-order chi connectivity index (χ0) is 11.1. The molecule has 0 bridgehead atoms. The van der Waals surface area contributed by atoms with E-state index in [0.29, 0.717) is 0 Å². The van der Waals surface area contributed by atoms with Crippen LogP contribution in [0.15, 0.2) is 27.4 Å². The van der Waals surface area contributed by atoms with Gasteiger partial charge in [-0.15, -0.1) is 11.3 Å². The molecule has 0 aliphatic rings. The van der Waals surface area contributed by atoms with Crippen LogP contribution in [-0.4, -0.2) is 19.7 Å². The minimum Gasteiger partial charge on any atom is -0.230 e. The summed E-state index contributed by atoms with van der Waals surface area (Å²) < 4.78 is 23.9. The Morgan fingerprint density at radius 2 is 2.20 bits per heavy atom. The molecule has 0 radical (unpaired) electrons. The number of aromatic nitrogens is 1. The van der Waals surface area contributed by atoms with Gasteiger partial charge in [0.25, 0.3) is 9.05 Å². The van der Waals surface area contributed by atoms with Crippen molar-refractivity contribution in [2.45, 2.75) is 9.24 Å². The second-order valence-electron chi connectivity index (χ2n) is 2.75. The van der Waals surface area contributed by atoms with Crippen molar-refractivity contribution < 1.29 is 8.42 Å². The van der Waals surface area contributed by atoms with Crippen molar-refractivity contribution in [2.24, 2.45) is 0 Å². The Morgan fingerprint density at radius 3 is 2.80 bits per heavy atom. The normalized spacial score (nSPS) is 12.1. The van der Waals surface area contributed by atoms with E-state index in [2.05, 4.69) is 4.98 Å². The third-order valence-electron chi connectivity index (χ3n) is 1.80. The lowest BCUT2D eigenvalue weighted by Crippen LogP contribution is -1.88. The van der Waals surface area contributed by atoms with Gasteiger partial charge in [-0.25, -0.2) is 13.4 Å². The molecule has 1 heterocycles. The number of nitrogens with zero attached hydrogens (tertiary/aromatic N) is 1. The molecule has 15 heavy (non-hydrogen) atoms. The molecule has 0 spiro atoms. The zero-order valence-electron chi connectivity index (χ0n) is 7.60. The number of hydrogen-bond donors (Lipinski definition) is 0. The number of rotatable bonds is 2. The maximum atomic E-state index is 11.1. The van der Waals surface area contributed by atoms with Crippen molar-refractivity contribution in [2.75, 3.05) is 6.26 Å². The lowest BCUT2D eigenvalue weighted by Gasteiger charge is -1.94. The third-order valence-corrected chi connectivity index (χ3v) is 5.15. The minimum atomic E-state index is -3.65. The van der Waals surface area contributed by atoms with Crippen molar-refractivity contribution in [3.63, 3.8) is 0 Å². The highest BCUT2D eigenvalue weighted by molar-refractivity contribution is 8.13. The van der Waals surface area contributed by atoms with Gasteiger partial charge in [0, 0.05) is 10.7 Å². The lowest BCUT2D eigenvalue weighted by atomic mass is 10.3. The van der Waals surface area contributed by atoms with E-state index in [1.807, 2.05) is 6.26 Å². The fourth-order valence-corrected chi connectivity index (χ4v) is 3.50. The van der Waals surface area contributed by atoms with Crippen molar-refractivity contribution in [1.29, 1.82) is 0 Å². The number of halogens is 1. The molecule has 0 amide bonds. The van der Waals surface area contributed by atoms with Crippen LogP contribution in [0.25, 0.3) is 10.2 Å². The summed E-state index contributed by atoms with van der Waals surface area (Å²) in [5.41, 5.74) is 0.799. The molecule has 3 nitrogen and oxygen atoms in total. The molecule has 0 saturated carbocycles. The van der Waals surface area contributed by atoms with E-state index in [0.717, 1.165) is 14.6 Å². The van der Waals surface area contributed by atoms with Crippen LogP contribution in [0.4, 0.5) is 0 Å². The van der Waals surface area contributed by atoms with Gasteiger partial charge in [0.05, 0.1) is 15.1 Å². The second kappa shape index (κ2) is 3.93. The highest BCUT2D eigenvalue weighted by Gasteiger charge is 2.12. The van der Waals surface area contributed by atoms with Crippen LogP contribution in [0.5, 0.6) is 0 Å². The highest BCUT2D eigenvalue weighted by atomic mass is 35.7. The summed E-state index contributed by atoms with van der Waals surface area (Å²) >= 11 is 2.99. The van der Waals surface area contributed by atoms with Crippen LogP contribution in [-0.2, 0) is 9.05 Å². The molecule has 1 aromatic carbocycles. The lowest BCUT2D eigenvalue weighted by molar-refractivity contribution is 0.609. The van der Waals surface area contributed by atoms with Crippen LogP contribution >= 0.6 is 33.8 Å². The van der Waals surface area contributed by atoms with Crippen molar-refractivity contribution in [1.82, 2.24) is 4.98 Å². The van der Waals surface area contributed by atoms with E-state index in [9.17, 15) is 8.42 Å². The summed E-state index contributed by atoms with van der Waals surface area (Å²) in [5, 5.41) is 0. The minimum absolute atomic E-state index is 0.118. The molecule has 0 saturated heterocycles. The van der Waals surface area contributed by atoms with Gasteiger partial charge >= 0.3 is 0 Å². The Hall–Kier alpha value is -0.300. The van der Waals surface area contributed by atoms with Crippen LogP contribution in [0.3, 0.4) is 0 Å². The Kier molecular flexibility index (Phi) is 2.94. The maximum absolute atomic E-state index is 11.1. The largest absolute Gasteiger partial charge is 0.261 e. The van der Waals surface area contributed by atoms with E-state index >= 15 is 0 Å². The van der Waals surface area contributed by atoms with E-state index in [4.69, 9.17) is 10.7 Å². The van der Waals surface area contributed by atoms with Crippen molar-refractivity contribution >= 4 is 53.0 Å². The summed E-state index contributed by atoms with van der Waals surface area (Å²) in [7, 11) is 1.60. The molecule has 2 aromatic rings. The summed E-state index contributed by atoms with van der Waals surface area (Å²) in [6.07, 6.45) is 1.93. The number of fused-ring (bicyclic) bond motifs is 1. The molecule has 2 rings (SSSR count). The number of thiazole rings is 1. The molecule has 1 aromatic heterocycles. The zero-order valence-corrected chi connectivity index (χ0v) is 10.8. The molecule has 0 fully saturated rings. The Morgan fingerprint density at radius 1 is 1.47 bits per heavy atom. The quantitative estimate of drug-likeness (QED) is 0.626. The van der Waals surface area contributed by atoms with Gasteiger partial charge in [0.1, 0.15) is 0 Å². The SMILES string of the molecule is CSc1nc2ccc(S(=O)(=O)Cl)cc2s1. The second-order valence-corrected chi connectivity index (χ2v) is 7.40. The highest BCUT2D eigenvalue weighted by Crippen LogP contribution is 2.30. The van der Waals surface area contributed by atoms with E-state index in [1.54, 1.807) is 12.1 Å². The first-order valence-electron chi connectivity index (χ1n) is 3.90. The van der Waals surface area contributed by atoms with E-state index in [1.165, 1.54) is 29.2 Å². The molecule has 0 N–H and O–H groups in total. The number of hydrogen-bond acceptors (Lipinski definition) is 5. The Labute approximate surface area is 99.9 Å². The molecule has 0 atom stereocenters. The first kappa shape index (κ1) is 11.2. The molecule has 0 aliphatic carbocycles. The predicted octanol–water partition coefficient (Wildman–Crippen LogP) is 2.95. The number of thioether (sulfide) groups is 1. The van der Waals surface area contributed by atoms with Crippen LogP contribution in [0.1, 0.15) is 0 Å². The molecule has 0 unspecified atom stereocenters. The van der Waals surface area contributed by atoms with Gasteiger partial charge in [0.2, 0.25) is 0 Å². The first-order chi connectivity index (χ1) is 7.00. The summed E-state index contributed by atoms with van der Waals surface area (Å²) in [6, 6.07) is 4.68. The van der Waals surface area contributed by atoms with Crippen LogP contribution < -0.4 is 0 Å². The standard InChI is InChI=1S/C8H6ClNO2S3/c1-13-8-10-6-3-2-5(15(9,11)12)4-7(6)14-8/h2-4H,1H3. The van der Waals surface area contributed by atoms with Crippen LogP contribution in [0, 0.1) is 0 Å². The summed E-state index contributed by atoms with van der Waals surface area (Å²) in [5.74, 6) is 0. The van der Waals surface area contributed by atoms with Crippen molar-refractivity contribution in [3.8, 4) is 0 Å². The Balaban J connectivity index is 2.66. The van der Waals surface area contributed by atoms with Gasteiger partial charge in [0.15, 0.2) is 4.34 Å². The number of benzene rings is 1. The fourth-order valence-electron chi connectivity index (χ4n) is 1.12. The smallest absolute Gasteiger partial charge is 0.230 e. The van der Waals surface area contributed by atoms with Gasteiger partial charge < -0.3 is 0 Å². The van der Waals surface area contributed by atoms with Gasteiger partial charge in [-0.05, 0) is 24.5 Å². The predicted molar refractivity (Wildman–Crippen MR) is 64.4 cm³/mol. The van der Waals surface area contributed by atoms with Gasteiger partial charge in [-0.2, -0.15) is 0 Å².